The number of phenols is 1. The highest BCUT2D eigenvalue weighted by Crippen LogP contribution is 2.28. The molecule has 0 spiro atoms. The van der Waals surface area contributed by atoms with Crippen LogP contribution in [0.1, 0.15) is 12.5 Å². The summed E-state index contributed by atoms with van der Waals surface area (Å²) in [7, 11) is 0. The first-order chi connectivity index (χ1) is 13.2. The van der Waals surface area contributed by atoms with E-state index in [1.165, 1.54) is 0 Å². The van der Waals surface area contributed by atoms with E-state index in [0.717, 1.165) is 46.8 Å². The average molecular weight is 475 g/mol. The number of anilines is 1. The lowest BCUT2D eigenvalue weighted by Gasteiger charge is -2.28. The van der Waals surface area contributed by atoms with Gasteiger partial charge in [-0.15, -0.1) is 0 Å². The van der Waals surface area contributed by atoms with E-state index in [-0.39, 0.29) is 5.75 Å². The van der Waals surface area contributed by atoms with Gasteiger partial charge in [-0.25, -0.2) is 18.2 Å². The van der Waals surface area contributed by atoms with Gasteiger partial charge < -0.3 is 14.7 Å². The lowest BCUT2D eigenvalue weighted by molar-refractivity contribution is 0.122. The molecule has 0 saturated carbocycles. The van der Waals surface area contributed by atoms with Gasteiger partial charge in [0.2, 0.25) is 0 Å². The van der Waals surface area contributed by atoms with Gasteiger partial charge in [-0.05, 0) is 25.1 Å². The molecule has 3 heterocycles. The average Bonchev–Trinajstić information content (AvgIpc) is 2.72. The van der Waals surface area contributed by atoms with E-state index in [1.807, 2.05) is 41.9 Å². The molecule has 3 aromatic rings. The first kappa shape index (κ1) is 18.1. The number of morpholine rings is 1. The number of pyridine rings is 1. The monoisotopic (exact) mass is 475 g/mol. The number of hydrogen-bond acceptors (Lipinski definition) is 7. The Bertz CT molecular complexity index is 1020. The standard InChI is InChI=1S/C19H18IN5O2/c1-12(24-20)14-10-16-17(21-11-14)19(25-5-7-27-8-6-25)23-18(22-16)13-3-2-4-15(26)9-13/h2-4,9-11,26H,5-8H2,1H3/b24-12+. The summed E-state index contributed by atoms with van der Waals surface area (Å²) in [5.74, 6) is 1.53. The molecule has 4 rings (SSSR count). The SMILES string of the molecule is C/C(=N\I)c1cnc2c(N3CCOCC3)nc(-c3cccc(O)c3)nc2c1. The van der Waals surface area contributed by atoms with Crippen LogP contribution in [0.2, 0.25) is 0 Å². The summed E-state index contributed by atoms with van der Waals surface area (Å²) in [5.41, 5.74) is 4.07. The fraction of sp³-hybridized carbons (Fsp3) is 0.263. The summed E-state index contributed by atoms with van der Waals surface area (Å²) in [4.78, 5) is 16.3. The minimum absolute atomic E-state index is 0.184. The second kappa shape index (κ2) is 7.73. The minimum atomic E-state index is 0.184. The number of aromatic hydroxyl groups is 1. The van der Waals surface area contributed by atoms with Crippen molar-refractivity contribution in [2.24, 2.45) is 3.21 Å². The second-order valence-corrected chi connectivity index (χ2v) is 6.76. The largest absolute Gasteiger partial charge is 0.508 e. The number of phenolic OH excluding ortho intramolecular Hbond substituents is 1. The highest BCUT2D eigenvalue weighted by molar-refractivity contribution is 14.1. The van der Waals surface area contributed by atoms with E-state index in [9.17, 15) is 5.11 Å². The Balaban J connectivity index is 1.92. The van der Waals surface area contributed by atoms with Crippen LogP contribution in [0.25, 0.3) is 22.4 Å². The third-order valence-electron chi connectivity index (χ3n) is 4.48. The molecule has 1 N–H and O–H groups in total. The molecule has 1 saturated heterocycles. The van der Waals surface area contributed by atoms with Crippen molar-refractivity contribution < 1.29 is 9.84 Å². The molecule has 2 aromatic heterocycles. The van der Waals surface area contributed by atoms with Crippen LogP contribution in [0, 0.1) is 0 Å². The van der Waals surface area contributed by atoms with Gasteiger partial charge in [-0.1, -0.05) is 12.1 Å². The normalized spacial score (nSPS) is 15.3. The van der Waals surface area contributed by atoms with Crippen molar-refractivity contribution in [1.29, 1.82) is 0 Å². The smallest absolute Gasteiger partial charge is 0.162 e. The fourth-order valence-electron chi connectivity index (χ4n) is 3.02. The van der Waals surface area contributed by atoms with Crippen LogP contribution >= 0.6 is 22.9 Å². The Hall–Kier alpha value is -2.33. The lowest BCUT2D eigenvalue weighted by Crippen LogP contribution is -2.37. The van der Waals surface area contributed by atoms with E-state index in [4.69, 9.17) is 14.7 Å². The Morgan fingerprint density at radius 3 is 2.78 bits per heavy atom. The quantitative estimate of drug-likeness (QED) is 0.462. The fourth-order valence-corrected chi connectivity index (χ4v) is 3.30. The molecule has 27 heavy (non-hydrogen) atoms. The van der Waals surface area contributed by atoms with Crippen LogP contribution in [0.4, 0.5) is 5.82 Å². The lowest BCUT2D eigenvalue weighted by atomic mass is 10.1. The third kappa shape index (κ3) is 3.72. The van der Waals surface area contributed by atoms with Gasteiger partial charge in [0.25, 0.3) is 0 Å². The van der Waals surface area contributed by atoms with Crippen molar-refractivity contribution >= 4 is 45.4 Å². The van der Waals surface area contributed by atoms with Gasteiger partial charge in [0, 0.05) is 30.4 Å². The predicted molar refractivity (Wildman–Crippen MR) is 114 cm³/mol. The summed E-state index contributed by atoms with van der Waals surface area (Å²) in [6, 6.07) is 8.96. The molecule has 0 unspecified atom stereocenters. The first-order valence-electron chi connectivity index (χ1n) is 8.61. The summed E-state index contributed by atoms with van der Waals surface area (Å²) in [6.07, 6.45) is 1.81. The molecule has 1 fully saturated rings. The molecule has 0 atom stereocenters. The topological polar surface area (TPSA) is 83.7 Å². The Morgan fingerprint density at radius 2 is 2.04 bits per heavy atom. The number of nitrogens with zero attached hydrogens (tertiary/aromatic N) is 5. The summed E-state index contributed by atoms with van der Waals surface area (Å²) < 4.78 is 9.69. The number of hydrogen-bond donors (Lipinski definition) is 1. The number of halogens is 1. The summed E-state index contributed by atoms with van der Waals surface area (Å²) in [5, 5.41) is 9.84. The van der Waals surface area contributed by atoms with Gasteiger partial charge in [0.1, 0.15) is 11.3 Å². The zero-order chi connectivity index (χ0) is 18.8. The zero-order valence-corrected chi connectivity index (χ0v) is 16.9. The Morgan fingerprint density at radius 1 is 1.22 bits per heavy atom. The van der Waals surface area contributed by atoms with E-state index >= 15 is 0 Å². The van der Waals surface area contributed by atoms with E-state index in [0.29, 0.717) is 19.0 Å². The number of ether oxygens (including phenoxy) is 1. The summed E-state index contributed by atoms with van der Waals surface area (Å²) >= 11 is 1.98. The molecule has 1 aliphatic heterocycles. The molecular formula is C19H18IN5O2. The van der Waals surface area contributed by atoms with Crippen LogP contribution in [0.5, 0.6) is 5.75 Å². The van der Waals surface area contributed by atoms with Gasteiger partial charge in [-0.2, -0.15) is 0 Å². The van der Waals surface area contributed by atoms with Gasteiger partial charge >= 0.3 is 0 Å². The first-order valence-corrected chi connectivity index (χ1v) is 9.58. The maximum Gasteiger partial charge on any atom is 0.162 e. The molecule has 0 bridgehead atoms. The highest BCUT2D eigenvalue weighted by atomic mass is 127. The number of aromatic nitrogens is 3. The maximum atomic E-state index is 9.84. The molecule has 0 amide bonds. The van der Waals surface area contributed by atoms with Crippen LogP contribution in [0.3, 0.4) is 0 Å². The molecule has 0 aliphatic carbocycles. The zero-order valence-electron chi connectivity index (χ0n) is 14.8. The van der Waals surface area contributed by atoms with Gasteiger partial charge in [-0.3, -0.25) is 0 Å². The number of benzene rings is 1. The molecule has 1 aromatic carbocycles. The maximum absolute atomic E-state index is 9.84. The van der Waals surface area contributed by atoms with Crippen molar-refractivity contribution in [2.75, 3.05) is 31.2 Å². The Labute approximate surface area is 170 Å². The number of fused-ring (bicyclic) bond motifs is 1. The predicted octanol–water partition coefficient (Wildman–Crippen LogP) is 3.39. The van der Waals surface area contributed by atoms with E-state index in [2.05, 4.69) is 13.1 Å². The van der Waals surface area contributed by atoms with Crippen LogP contribution in [-0.2, 0) is 4.74 Å². The molecule has 7 nitrogen and oxygen atoms in total. The third-order valence-corrected chi connectivity index (χ3v) is 5.20. The van der Waals surface area contributed by atoms with Gasteiger partial charge in [0.15, 0.2) is 11.6 Å². The highest BCUT2D eigenvalue weighted by Gasteiger charge is 2.19. The van der Waals surface area contributed by atoms with Crippen molar-refractivity contribution in [2.45, 2.75) is 6.92 Å². The van der Waals surface area contributed by atoms with E-state index < -0.39 is 0 Å². The van der Waals surface area contributed by atoms with Crippen molar-refractivity contribution in [3.8, 4) is 17.1 Å². The second-order valence-electron chi connectivity index (χ2n) is 6.28. The van der Waals surface area contributed by atoms with Crippen molar-refractivity contribution in [3.05, 3.63) is 42.1 Å². The van der Waals surface area contributed by atoms with Crippen molar-refractivity contribution in [3.63, 3.8) is 0 Å². The van der Waals surface area contributed by atoms with Crippen LogP contribution < -0.4 is 4.90 Å². The minimum Gasteiger partial charge on any atom is -0.508 e. The molecule has 1 aliphatic rings. The molecule has 8 heteroatoms. The molecular weight excluding hydrogens is 457 g/mol. The number of rotatable bonds is 3. The molecule has 138 valence electrons. The molecule has 0 radical (unpaired) electrons. The van der Waals surface area contributed by atoms with Crippen LogP contribution in [0.15, 0.2) is 39.7 Å². The van der Waals surface area contributed by atoms with E-state index in [1.54, 1.807) is 24.4 Å². The van der Waals surface area contributed by atoms with Crippen molar-refractivity contribution in [1.82, 2.24) is 15.0 Å². The van der Waals surface area contributed by atoms with Gasteiger partial charge in [0.05, 0.1) is 47.3 Å². The Kier molecular flexibility index (Phi) is 5.17. The van der Waals surface area contributed by atoms with Crippen LogP contribution in [-0.4, -0.2) is 52.1 Å². The summed E-state index contributed by atoms with van der Waals surface area (Å²) in [6.45, 7) is 4.76.